The molecule has 1 aromatic heterocycles. The smallest absolute Gasteiger partial charge is 0.161 e. The highest BCUT2D eigenvalue weighted by Crippen LogP contribution is 2.16. The summed E-state index contributed by atoms with van der Waals surface area (Å²) in [5.74, 6) is -1.10. The number of aromatic amines is 1. The Labute approximate surface area is 115 Å². The first-order chi connectivity index (χ1) is 9.70. The van der Waals surface area contributed by atoms with Crippen LogP contribution in [0.25, 0.3) is 11.0 Å². The third kappa shape index (κ3) is 3.96. The van der Waals surface area contributed by atoms with E-state index in [4.69, 9.17) is 9.84 Å². The van der Waals surface area contributed by atoms with E-state index < -0.39 is 11.6 Å². The van der Waals surface area contributed by atoms with Crippen LogP contribution in [-0.4, -0.2) is 48.0 Å². The first kappa shape index (κ1) is 14.8. The highest BCUT2D eigenvalue weighted by atomic mass is 19.2. The lowest BCUT2D eigenvalue weighted by atomic mass is 10.3. The molecule has 0 amide bonds. The summed E-state index contributed by atoms with van der Waals surface area (Å²) >= 11 is 0. The van der Waals surface area contributed by atoms with Gasteiger partial charge in [-0.15, -0.1) is 0 Å². The van der Waals surface area contributed by atoms with Crippen LogP contribution in [0.15, 0.2) is 12.1 Å². The minimum absolute atomic E-state index is 0.0199. The Bertz CT molecular complexity index is 521. The van der Waals surface area contributed by atoms with Crippen LogP contribution in [-0.2, 0) is 11.2 Å². The number of fused-ring (bicyclic) bond motifs is 1. The molecule has 0 aliphatic rings. The van der Waals surface area contributed by atoms with Crippen molar-refractivity contribution in [1.82, 2.24) is 15.3 Å². The van der Waals surface area contributed by atoms with Crippen LogP contribution < -0.4 is 5.32 Å². The van der Waals surface area contributed by atoms with E-state index in [1.54, 1.807) is 0 Å². The van der Waals surface area contributed by atoms with Crippen molar-refractivity contribution in [2.75, 3.05) is 32.9 Å². The molecule has 110 valence electrons. The zero-order valence-corrected chi connectivity index (χ0v) is 11.0. The molecule has 0 saturated carbocycles. The van der Waals surface area contributed by atoms with Gasteiger partial charge in [0, 0.05) is 31.6 Å². The molecular weight excluding hydrogens is 268 g/mol. The van der Waals surface area contributed by atoms with Crippen molar-refractivity contribution in [2.24, 2.45) is 0 Å². The van der Waals surface area contributed by atoms with E-state index in [0.717, 1.165) is 12.1 Å². The zero-order valence-electron chi connectivity index (χ0n) is 11.0. The van der Waals surface area contributed by atoms with Gasteiger partial charge in [0.1, 0.15) is 5.82 Å². The Kier molecular flexibility index (Phi) is 5.40. The maximum atomic E-state index is 13.0. The Morgan fingerprint density at radius 2 is 2.00 bits per heavy atom. The summed E-state index contributed by atoms with van der Waals surface area (Å²) in [7, 11) is 0. The lowest BCUT2D eigenvalue weighted by Gasteiger charge is -2.03. The Morgan fingerprint density at radius 1 is 1.20 bits per heavy atom. The van der Waals surface area contributed by atoms with Gasteiger partial charge in [0.15, 0.2) is 11.6 Å². The van der Waals surface area contributed by atoms with Crippen molar-refractivity contribution in [3.8, 4) is 0 Å². The number of nitrogens with zero attached hydrogens (tertiary/aromatic N) is 1. The lowest BCUT2D eigenvalue weighted by molar-refractivity contribution is 0.0940. The van der Waals surface area contributed by atoms with E-state index in [-0.39, 0.29) is 6.61 Å². The zero-order chi connectivity index (χ0) is 14.4. The molecule has 0 saturated heterocycles. The number of benzene rings is 1. The van der Waals surface area contributed by atoms with Crippen molar-refractivity contribution in [2.45, 2.75) is 6.42 Å². The molecule has 0 radical (unpaired) electrons. The van der Waals surface area contributed by atoms with E-state index in [0.29, 0.717) is 49.6 Å². The van der Waals surface area contributed by atoms with Gasteiger partial charge >= 0.3 is 0 Å². The molecule has 0 unspecified atom stereocenters. The number of imidazole rings is 1. The van der Waals surface area contributed by atoms with Gasteiger partial charge in [-0.05, 0) is 0 Å². The van der Waals surface area contributed by atoms with Crippen LogP contribution in [0, 0.1) is 11.6 Å². The lowest BCUT2D eigenvalue weighted by Crippen LogP contribution is -2.23. The van der Waals surface area contributed by atoms with Gasteiger partial charge in [0.2, 0.25) is 0 Å². The summed E-state index contributed by atoms with van der Waals surface area (Å²) < 4.78 is 31.2. The van der Waals surface area contributed by atoms with Crippen molar-refractivity contribution in [1.29, 1.82) is 0 Å². The van der Waals surface area contributed by atoms with Crippen LogP contribution in [0.3, 0.4) is 0 Å². The monoisotopic (exact) mass is 285 g/mol. The standard InChI is InChI=1S/C13H17F2N3O2/c14-9-7-11-12(8-10(9)15)18-13(17-11)1-2-16-3-5-20-6-4-19/h7-8,16,19H,1-6H2,(H,17,18). The van der Waals surface area contributed by atoms with Crippen LogP contribution in [0.4, 0.5) is 8.78 Å². The van der Waals surface area contributed by atoms with Crippen molar-refractivity contribution in [3.63, 3.8) is 0 Å². The number of aliphatic hydroxyl groups is 1. The van der Waals surface area contributed by atoms with Crippen LogP contribution in [0.1, 0.15) is 5.82 Å². The van der Waals surface area contributed by atoms with E-state index >= 15 is 0 Å². The van der Waals surface area contributed by atoms with Gasteiger partial charge < -0.3 is 20.1 Å². The molecule has 2 rings (SSSR count). The van der Waals surface area contributed by atoms with E-state index in [1.165, 1.54) is 0 Å². The molecule has 5 nitrogen and oxygen atoms in total. The number of halogens is 2. The molecule has 0 aliphatic heterocycles. The number of hydrogen-bond donors (Lipinski definition) is 3. The topological polar surface area (TPSA) is 70.2 Å². The SMILES string of the molecule is OCCOCCNCCc1nc2cc(F)c(F)cc2[nH]1. The molecule has 3 N–H and O–H groups in total. The molecule has 1 heterocycles. The normalized spacial score (nSPS) is 11.3. The number of aliphatic hydroxyl groups excluding tert-OH is 1. The average molecular weight is 285 g/mol. The van der Waals surface area contributed by atoms with Crippen molar-refractivity contribution < 1.29 is 18.6 Å². The molecule has 7 heteroatoms. The fourth-order valence-electron chi connectivity index (χ4n) is 1.82. The third-order valence-corrected chi connectivity index (χ3v) is 2.77. The second-order valence-corrected chi connectivity index (χ2v) is 4.30. The van der Waals surface area contributed by atoms with Crippen LogP contribution >= 0.6 is 0 Å². The number of aromatic nitrogens is 2. The number of H-pyrrole nitrogens is 1. The largest absolute Gasteiger partial charge is 0.394 e. The highest BCUT2D eigenvalue weighted by Gasteiger charge is 2.08. The van der Waals surface area contributed by atoms with Crippen LogP contribution in [0.2, 0.25) is 0 Å². The summed E-state index contributed by atoms with van der Waals surface area (Å²) in [5.41, 5.74) is 0.912. The van der Waals surface area contributed by atoms with Gasteiger partial charge in [-0.2, -0.15) is 0 Å². The van der Waals surface area contributed by atoms with Crippen molar-refractivity contribution >= 4 is 11.0 Å². The maximum Gasteiger partial charge on any atom is 0.161 e. The first-order valence-electron chi connectivity index (χ1n) is 6.43. The minimum atomic E-state index is -0.894. The maximum absolute atomic E-state index is 13.0. The highest BCUT2D eigenvalue weighted by molar-refractivity contribution is 5.75. The summed E-state index contributed by atoms with van der Waals surface area (Å²) in [4.78, 5) is 7.15. The molecule has 0 atom stereocenters. The second-order valence-electron chi connectivity index (χ2n) is 4.30. The number of hydrogen-bond acceptors (Lipinski definition) is 4. The number of rotatable bonds is 8. The molecule has 0 spiro atoms. The Hall–Kier alpha value is -1.57. The first-order valence-corrected chi connectivity index (χ1v) is 6.43. The van der Waals surface area contributed by atoms with Gasteiger partial charge in [-0.25, -0.2) is 13.8 Å². The van der Waals surface area contributed by atoms with Gasteiger partial charge in [0.05, 0.1) is 30.9 Å². The average Bonchev–Trinajstić information content (AvgIpc) is 2.80. The quantitative estimate of drug-likeness (QED) is 0.632. The third-order valence-electron chi connectivity index (χ3n) is 2.77. The molecule has 20 heavy (non-hydrogen) atoms. The van der Waals surface area contributed by atoms with Gasteiger partial charge in [-0.3, -0.25) is 0 Å². The number of nitrogens with one attached hydrogen (secondary N) is 2. The summed E-state index contributed by atoms with van der Waals surface area (Å²) in [5, 5.41) is 11.7. The van der Waals surface area contributed by atoms with E-state index in [2.05, 4.69) is 15.3 Å². The van der Waals surface area contributed by atoms with E-state index in [1.807, 2.05) is 0 Å². The molecule has 0 fully saturated rings. The number of ether oxygens (including phenoxy) is 1. The fourth-order valence-corrected chi connectivity index (χ4v) is 1.82. The Balaban J connectivity index is 1.79. The summed E-state index contributed by atoms with van der Waals surface area (Å²) in [6, 6.07) is 2.19. The van der Waals surface area contributed by atoms with Crippen molar-refractivity contribution in [3.05, 3.63) is 29.6 Å². The minimum Gasteiger partial charge on any atom is -0.394 e. The Morgan fingerprint density at radius 3 is 2.80 bits per heavy atom. The summed E-state index contributed by atoms with van der Waals surface area (Å²) in [6.45, 7) is 2.22. The van der Waals surface area contributed by atoms with Crippen LogP contribution in [0.5, 0.6) is 0 Å². The predicted octanol–water partition coefficient (Wildman–Crippen LogP) is 0.982. The molecule has 1 aromatic carbocycles. The summed E-state index contributed by atoms with van der Waals surface area (Å²) in [6.07, 6.45) is 0.623. The van der Waals surface area contributed by atoms with Gasteiger partial charge in [-0.1, -0.05) is 0 Å². The predicted molar refractivity (Wildman–Crippen MR) is 70.5 cm³/mol. The molecule has 0 aliphatic carbocycles. The molecular formula is C13H17F2N3O2. The second kappa shape index (κ2) is 7.28. The van der Waals surface area contributed by atoms with Gasteiger partial charge in [0.25, 0.3) is 0 Å². The molecule has 2 aromatic rings. The molecule has 0 bridgehead atoms. The fraction of sp³-hybridized carbons (Fsp3) is 0.462. The van der Waals surface area contributed by atoms with E-state index in [9.17, 15) is 8.78 Å².